The molecule has 2 aromatic heterocycles. The van der Waals surface area contributed by atoms with Gasteiger partial charge in [0.1, 0.15) is 5.69 Å². The molecule has 1 atom stereocenters. The predicted octanol–water partition coefficient (Wildman–Crippen LogP) is 1.66. The van der Waals surface area contributed by atoms with E-state index in [4.69, 9.17) is 0 Å². The Bertz CT molecular complexity index is 642. The molecule has 0 aliphatic carbocycles. The van der Waals surface area contributed by atoms with Gasteiger partial charge in [0, 0.05) is 23.3 Å². The summed E-state index contributed by atoms with van der Waals surface area (Å²) in [7, 11) is 1.90. The van der Waals surface area contributed by atoms with Gasteiger partial charge in [0.05, 0.1) is 12.2 Å². The second-order valence-corrected chi connectivity index (χ2v) is 4.07. The molecule has 5 heteroatoms. The first-order chi connectivity index (χ1) is 8.90. The lowest BCUT2D eigenvalue weighted by Crippen LogP contribution is -2.18. The van der Waals surface area contributed by atoms with Crippen LogP contribution >= 0.6 is 0 Å². The molecule has 18 heavy (non-hydrogen) atoms. The van der Waals surface area contributed by atoms with Gasteiger partial charge in [-0.1, -0.05) is 24.3 Å². The van der Waals surface area contributed by atoms with Crippen molar-refractivity contribution in [2.24, 2.45) is 0 Å². The smallest absolute Gasteiger partial charge is 0.104 e. The predicted molar refractivity (Wildman–Crippen MR) is 69.0 cm³/mol. The van der Waals surface area contributed by atoms with Gasteiger partial charge in [0.2, 0.25) is 0 Å². The number of hydrogen-bond donors (Lipinski definition) is 2. The SMILES string of the molecule is CNC(c1cn[nH]n1)c1cncc2ccccc12. The Kier molecular flexibility index (Phi) is 2.74. The van der Waals surface area contributed by atoms with E-state index in [1.165, 1.54) is 5.39 Å². The normalized spacial score (nSPS) is 12.7. The standard InChI is InChI=1S/C13H13N5/c1-14-13(12-8-16-18-17-12)11-7-15-6-9-4-2-3-5-10(9)11/h2-8,13-14H,1H3,(H,16,17,18). The number of H-pyrrole nitrogens is 1. The van der Waals surface area contributed by atoms with Crippen molar-refractivity contribution >= 4 is 10.8 Å². The Balaban J connectivity index is 2.18. The number of aromatic nitrogens is 4. The fraction of sp³-hybridized carbons (Fsp3) is 0.154. The summed E-state index contributed by atoms with van der Waals surface area (Å²) in [6.07, 6.45) is 5.47. The molecule has 0 radical (unpaired) electrons. The number of aromatic amines is 1. The van der Waals surface area contributed by atoms with Gasteiger partial charge >= 0.3 is 0 Å². The second kappa shape index (κ2) is 4.54. The van der Waals surface area contributed by atoms with Crippen molar-refractivity contribution in [3.8, 4) is 0 Å². The summed E-state index contributed by atoms with van der Waals surface area (Å²) < 4.78 is 0. The molecule has 0 aliphatic heterocycles. The minimum atomic E-state index is -0.0117. The Morgan fingerprint density at radius 3 is 2.83 bits per heavy atom. The highest BCUT2D eigenvalue weighted by atomic mass is 15.3. The average Bonchev–Trinajstić information content (AvgIpc) is 2.94. The van der Waals surface area contributed by atoms with Crippen LogP contribution in [0.1, 0.15) is 17.3 Å². The van der Waals surface area contributed by atoms with Gasteiger partial charge in [-0.3, -0.25) is 4.98 Å². The van der Waals surface area contributed by atoms with Crippen LogP contribution in [-0.4, -0.2) is 27.4 Å². The van der Waals surface area contributed by atoms with E-state index < -0.39 is 0 Å². The summed E-state index contributed by atoms with van der Waals surface area (Å²) in [5, 5.41) is 16.2. The molecule has 1 aromatic carbocycles. The topological polar surface area (TPSA) is 66.5 Å². The second-order valence-electron chi connectivity index (χ2n) is 4.07. The Labute approximate surface area is 104 Å². The largest absolute Gasteiger partial charge is 0.308 e. The number of benzene rings is 1. The van der Waals surface area contributed by atoms with Crippen molar-refractivity contribution in [1.82, 2.24) is 25.7 Å². The summed E-state index contributed by atoms with van der Waals surface area (Å²) >= 11 is 0. The molecule has 0 spiro atoms. The third-order valence-corrected chi connectivity index (χ3v) is 3.03. The summed E-state index contributed by atoms with van der Waals surface area (Å²) in [6.45, 7) is 0. The third-order valence-electron chi connectivity index (χ3n) is 3.03. The van der Waals surface area contributed by atoms with Gasteiger partial charge in [-0.2, -0.15) is 15.4 Å². The molecule has 2 N–H and O–H groups in total. The highest BCUT2D eigenvalue weighted by molar-refractivity contribution is 5.85. The van der Waals surface area contributed by atoms with Gasteiger partial charge < -0.3 is 5.32 Å². The molecule has 0 amide bonds. The van der Waals surface area contributed by atoms with E-state index in [1.54, 1.807) is 6.20 Å². The van der Waals surface area contributed by atoms with Gasteiger partial charge in [-0.05, 0) is 12.4 Å². The Morgan fingerprint density at radius 1 is 1.17 bits per heavy atom. The highest BCUT2D eigenvalue weighted by Gasteiger charge is 2.17. The quantitative estimate of drug-likeness (QED) is 0.729. The molecular weight excluding hydrogens is 226 g/mol. The lowest BCUT2D eigenvalue weighted by molar-refractivity contribution is 0.669. The number of nitrogens with one attached hydrogen (secondary N) is 2. The van der Waals surface area contributed by atoms with Crippen LogP contribution in [0.3, 0.4) is 0 Å². The van der Waals surface area contributed by atoms with Crippen LogP contribution in [0, 0.1) is 0 Å². The van der Waals surface area contributed by atoms with Crippen LogP contribution < -0.4 is 5.32 Å². The van der Waals surface area contributed by atoms with Crippen LogP contribution in [0.2, 0.25) is 0 Å². The van der Waals surface area contributed by atoms with E-state index >= 15 is 0 Å². The van der Waals surface area contributed by atoms with Crippen molar-refractivity contribution in [3.63, 3.8) is 0 Å². The zero-order chi connectivity index (χ0) is 12.4. The summed E-state index contributed by atoms with van der Waals surface area (Å²) in [5.74, 6) is 0. The fourth-order valence-corrected chi connectivity index (χ4v) is 2.18. The van der Waals surface area contributed by atoms with Crippen LogP contribution in [0.25, 0.3) is 10.8 Å². The van der Waals surface area contributed by atoms with E-state index in [0.29, 0.717) is 0 Å². The molecule has 0 fully saturated rings. The monoisotopic (exact) mass is 239 g/mol. The minimum absolute atomic E-state index is 0.0117. The van der Waals surface area contributed by atoms with E-state index in [1.807, 2.05) is 31.6 Å². The van der Waals surface area contributed by atoms with Gasteiger partial charge in [0.15, 0.2) is 0 Å². The van der Waals surface area contributed by atoms with Crippen molar-refractivity contribution < 1.29 is 0 Å². The molecule has 0 saturated heterocycles. The zero-order valence-electron chi connectivity index (χ0n) is 9.96. The molecule has 0 aliphatic rings. The van der Waals surface area contributed by atoms with Crippen LogP contribution in [-0.2, 0) is 0 Å². The number of hydrogen-bond acceptors (Lipinski definition) is 4. The summed E-state index contributed by atoms with van der Waals surface area (Å²) in [5.41, 5.74) is 1.96. The number of nitrogens with zero attached hydrogens (tertiary/aromatic N) is 3. The minimum Gasteiger partial charge on any atom is -0.308 e. The van der Waals surface area contributed by atoms with Gasteiger partial charge in [-0.25, -0.2) is 0 Å². The maximum absolute atomic E-state index is 4.29. The van der Waals surface area contributed by atoms with Crippen LogP contribution in [0.5, 0.6) is 0 Å². The van der Waals surface area contributed by atoms with Crippen molar-refractivity contribution in [3.05, 3.63) is 54.1 Å². The van der Waals surface area contributed by atoms with Crippen LogP contribution in [0.15, 0.2) is 42.9 Å². The lowest BCUT2D eigenvalue weighted by atomic mass is 10.00. The van der Waals surface area contributed by atoms with E-state index in [2.05, 4.69) is 37.8 Å². The lowest BCUT2D eigenvalue weighted by Gasteiger charge is -2.15. The van der Waals surface area contributed by atoms with Gasteiger partial charge in [-0.15, -0.1) is 0 Å². The maximum Gasteiger partial charge on any atom is 0.104 e. The van der Waals surface area contributed by atoms with E-state index in [9.17, 15) is 0 Å². The Morgan fingerprint density at radius 2 is 2.06 bits per heavy atom. The molecule has 0 saturated carbocycles. The summed E-state index contributed by atoms with van der Waals surface area (Å²) in [6, 6.07) is 8.18. The third kappa shape index (κ3) is 1.74. The molecule has 1 unspecified atom stereocenters. The molecule has 90 valence electrons. The molecule has 3 aromatic rings. The molecule has 2 heterocycles. The van der Waals surface area contributed by atoms with Crippen LogP contribution in [0.4, 0.5) is 0 Å². The summed E-state index contributed by atoms with van der Waals surface area (Å²) in [4.78, 5) is 4.29. The van der Waals surface area contributed by atoms with E-state index in [-0.39, 0.29) is 6.04 Å². The average molecular weight is 239 g/mol. The van der Waals surface area contributed by atoms with E-state index in [0.717, 1.165) is 16.6 Å². The fourth-order valence-electron chi connectivity index (χ4n) is 2.18. The maximum atomic E-state index is 4.29. The van der Waals surface area contributed by atoms with Gasteiger partial charge in [0.25, 0.3) is 0 Å². The molecule has 5 nitrogen and oxygen atoms in total. The first-order valence-corrected chi connectivity index (χ1v) is 5.75. The molecular formula is C13H13N5. The zero-order valence-corrected chi connectivity index (χ0v) is 9.96. The molecule has 3 rings (SSSR count). The molecule has 0 bridgehead atoms. The highest BCUT2D eigenvalue weighted by Crippen LogP contribution is 2.26. The first kappa shape index (κ1) is 10.9. The number of fused-ring (bicyclic) bond motifs is 1. The first-order valence-electron chi connectivity index (χ1n) is 5.75. The van der Waals surface area contributed by atoms with Crippen molar-refractivity contribution in [1.29, 1.82) is 0 Å². The van der Waals surface area contributed by atoms with Crippen molar-refractivity contribution in [2.45, 2.75) is 6.04 Å². The van der Waals surface area contributed by atoms with Crippen molar-refractivity contribution in [2.75, 3.05) is 7.05 Å². The number of rotatable bonds is 3. The number of pyridine rings is 1. The Hall–Kier alpha value is -2.27.